The van der Waals surface area contributed by atoms with Crippen LogP contribution in [-0.4, -0.2) is 23.9 Å². The molecule has 1 heterocycles. The molecular weight excluding hydrogens is 365 g/mol. The first kappa shape index (κ1) is 18.4. The molecule has 10 heteroatoms. The highest BCUT2D eigenvalue weighted by Crippen LogP contribution is 2.29. The molecule has 0 amide bonds. The molecule has 0 saturated heterocycles. The summed E-state index contributed by atoms with van der Waals surface area (Å²) in [6.07, 6.45) is -3.09. The maximum absolute atomic E-state index is 12.5. The highest BCUT2D eigenvalue weighted by Gasteiger charge is 2.31. The molecule has 0 aliphatic rings. The van der Waals surface area contributed by atoms with Crippen molar-refractivity contribution in [2.24, 2.45) is 3.77 Å². The van der Waals surface area contributed by atoms with E-state index in [0.717, 1.165) is 17.9 Å². The number of aromatic nitrogens is 1. The molecule has 0 aliphatic carbocycles. The van der Waals surface area contributed by atoms with E-state index in [2.05, 4.69) is 8.75 Å². The highest BCUT2D eigenvalue weighted by molar-refractivity contribution is 8.02. The topological polar surface area (TPSA) is 76.5 Å². The van der Waals surface area contributed by atoms with Crippen molar-refractivity contribution in [1.82, 2.24) is 4.98 Å². The molecule has 1 aromatic heterocycles. The molecule has 0 bridgehead atoms. The van der Waals surface area contributed by atoms with E-state index < -0.39 is 31.5 Å². The van der Waals surface area contributed by atoms with Gasteiger partial charge in [0.2, 0.25) is 0 Å². The number of hydrogen-bond donors (Lipinski definition) is 0. The fraction of sp³-hybridized carbons (Fsp3) is 0.214. The molecule has 1 aromatic carbocycles. The Bertz CT molecular complexity index is 958. The van der Waals surface area contributed by atoms with Crippen molar-refractivity contribution in [3.8, 4) is 0 Å². The van der Waals surface area contributed by atoms with Crippen LogP contribution in [0.1, 0.15) is 11.1 Å². The number of halogens is 3. The van der Waals surface area contributed by atoms with Crippen molar-refractivity contribution in [2.75, 3.05) is 6.26 Å². The molecular formula is C14H13F3N2O3S2. The maximum Gasteiger partial charge on any atom is 0.417 e. The summed E-state index contributed by atoms with van der Waals surface area (Å²) in [7, 11) is -7.76. The monoisotopic (exact) mass is 378 g/mol. The van der Waals surface area contributed by atoms with Crippen LogP contribution >= 0.6 is 0 Å². The third kappa shape index (κ3) is 4.12. The van der Waals surface area contributed by atoms with Gasteiger partial charge in [0, 0.05) is 12.5 Å². The smallest absolute Gasteiger partial charge is 0.246 e. The SMILES string of the molecule is Cc1ccc(S(=O)(=O)N=S(C)(=O)c2ccc(C(F)(F)F)cn2)cc1. The van der Waals surface area contributed by atoms with E-state index in [-0.39, 0.29) is 9.92 Å². The molecule has 0 saturated carbocycles. The van der Waals surface area contributed by atoms with Crippen LogP contribution in [0.5, 0.6) is 0 Å². The van der Waals surface area contributed by atoms with Crippen molar-refractivity contribution in [2.45, 2.75) is 23.0 Å². The molecule has 2 rings (SSSR count). The average molecular weight is 378 g/mol. The number of aryl methyl sites for hydroxylation is 1. The van der Waals surface area contributed by atoms with Crippen LogP contribution in [0.25, 0.3) is 0 Å². The van der Waals surface area contributed by atoms with Crippen LogP contribution in [0, 0.1) is 6.92 Å². The van der Waals surface area contributed by atoms with Gasteiger partial charge in [-0.25, -0.2) is 9.19 Å². The molecule has 0 fully saturated rings. The van der Waals surface area contributed by atoms with Crippen molar-refractivity contribution in [3.05, 3.63) is 53.7 Å². The molecule has 0 radical (unpaired) electrons. The first-order valence-corrected chi connectivity index (χ1v) is 9.86. The third-order valence-corrected chi connectivity index (χ3v) is 6.82. The Morgan fingerprint density at radius 2 is 1.58 bits per heavy atom. The summed E-state index contributed by atoms with van der Waals surface area (Å²) in [5.74, 6) is 0. The van der Waals surface area contributed by atoms with Crippen molar-refractivity contribution < 1.29 is 25.8 Å². The molecule has 1 atom stereocenters. The third-order valence-electron chi connectivity index (χ3n) is 3.01. The van der Waals surface area contributed by atoms with Gasteiger partial charge in [0.15, 0.2) is 0 Å². The van der Waals surface area contributed by atoms with Gasteiger partial charge in [-0.3, -0.25) is 0 Å². The zero-order valence-corrected chi connectivity index (χ0v) is 14.2. The molecule has 130 valence electrons. The summed E-state index contributed by atoms with van der Waals surface area (Å²) in [5, 5.41) is -0.341. The second kappa shape index (κ2) is 6.17. The Balaban J connectivity index is 2.47. The molecule has 2 aromatic rings. The van der Waals surface area contributed by atoms with Gasteiger partial charge in [-0.05, 0) is 31.2 Å². The predicted molar refractivity (Wildman–Crippen MR) is 82.4 cm³/mol. The Labute approximate surface area is 137 Å². The van der Waals surface area contributed by atoms with Gasteiger partial charge in [-0.2, -0.15) is 21.6 Å². The van der Waals surface area contributed by atoms with Crippen LogP contribution in [0.15, 0.2) is 56.3 Å². The quantitative estimate of drug-likeness (QED) is 0.822. The fourth-order valence-electron chi connectivity index (χ4n) is 1.75. The summed E-state index contributed by atoms with van der Waals surface area (Å²) in [6.45, 7) is 1.77. The van der Waals surface area contributed by atoms with Crippen molar-refractivity contribution in [1.29, 1.82) is 0 Å². The zero-order valence-electron chi connectivity index (χ0n) is 12.6. The van der Waals surface area contributed by atoms with Crippen molar-refractivity contribution in [3.63, 3.8) is 0 Å². The molecule has 1 unspecified atom stereocenters. The summed E-state index contributed by atoms with van der Waals surface area (Å²) < 4.78 is 77.8. The number of rotatable bonds is 3. The normalized spacial score (nSPS) is 14.9. The maximum atomic E-state index is 12.5. The van der Waals surface area contributed by atoms with Gasteiger partial charge in [-0.1, -0.05) is 17.7 Å². The van der Waals surface area contributed by atoms with Crippen LogP contribution < -0.4 is 0 Å². The lowest BCUT2D eigenvalue weighted by molar-refractivity contribution is -0.137. The van der Waals surface area contributed by atoms with Gasteiger partial charge >= 0.3 is 6.18 Å². The summed E-state index contributed by atoms with van der Waals surface area (Å²) in [6, 6.07) is 7.26. The number of benzene rings is 1. The van der Waals surface area contributed by atoms with Gasteiger partial charge in [0.05, 0.1) is 10.5 Å². The molecule has 0 aliphatic heterocycles. The summed E-state index contributed by atoms with van der Waals surface area (Å²) in [4.78, 5) is 3.30. The molecule has 24 heavy (non-hydrogen) atoms. The Morgan fingerprint density at radius 3 is 2.04 bits per heavy atom. The highest BCUT2D eigenvalue weighted by atomic mass is 32.3. The summed E-state index contributed by atoms with van der Waals surface area (Å²) >= 11 is 0. The Kier molecular flexibility index (Phi) is 4.73. The van der Waals surface area contributed by atoms with Gasteiger partial charge in [0.1, 0.15) is 14.8 Å². The number of nitrogens with zero attached hydrogens (tertiary/aromatic N) is 2. The van der Waals surface area contributed by atoms with Crippen LogP contribution in [0.4, 0.5) is 13.2 Å². The van der Waals surface area contributed by atoms with Crippen LogP contribution in [0.3, 0.4) is 0 Å². The van der Waals surface area contributed by atoms with E-state index in [1.807, 2.05) is 0 Å². The predicted octanol–water partition coefficient (Wildman–Crippen LogP) is 3.25. The second-order valence-corrected chi connectivity index (χ2v) is 9.09. The van der Waals surface area contributed by atoms with Gasteiger partial charge in [0.25, 0.3) is 10.0 Å². The minimum Gasteiger partial charge on any atom is -0.246 e. The number of hydrogen-bond acceptors (Lipinski definition) is 4. The number of pyridine rings is 1. The molecule has 0 spiro atoms. The van der Waals surface area contributed by atoms with E-state index in [1.165, 1.54) is 12.1 Å². The number of sulfonamides is 1. The second-order valence-electron chi connectivity index (χ2n) is 5.05. The van der Waals surface area contributed by atoms with Crippen LogP contribution in [-0.2, 0) is 25.9 Å². The van der Waals surface area contributed by atoms with E-state index >= 15 is 0 Å². The van der Waals surface area contributed by atoms with Crippen molar-refractivity contribution >= 4 is 19.8 Å². The van der Waals surface area contributed by atoms with Crippen LogP contribution in [0.2, 0.25) is 0 Å². The first-order valence-electron chi connectivity index (χ1n) is 6.50. The van der Waals surface area contributed by atoms with E-state index in [4.69, 9.17) is 0 Å². The van der Waals surface area contributed by atoms with E-state index in [9.17, 15) is 25.8 Å². The minimum atomic E-state index is -4.59. The standard InChI is InChI=1S/C14H13F3N2O3S2/c1-10-3-6-12(7-4-10)24(21,22)19-23(2,20)13-8-5-11(9-18-13)14(15,16)17/h3-9H,1-2H3. The lowest BCUT2D eigenvalue weighted by atomic mass is 10.2. The minimum absolute atomic E-state index is 0.158. The fourth-order valence-corrected chi connectivity index (χ4v) is 4.95. The number of alkyl halides is 3. The first-order chi connectivity index (χ1) is 10.9. The lowest BCUT2D eigenvalue weighted by Crippen LogP contribution is -2.09. The average Bonchev–Trinajstić information content (AvgIpc) is 2.46. The molecule has 0 N–H and O–H groups in total. The van der Waals surface area contributed by atoms with E-state index in [0.29, 0.717) is 12.3 Å². The zero-order chi connectivity index (χ0) is 18.2. The Morgan fingerprint density at radius 1 is 1.00 bits per heavy atom. The lowest BCUT2D eigenvalue weighted by Gasteiger charge is -2.08. The van der Waals surface area contributed by atoms with Gasteiger partial charge in [-0.15, -0.1) is 3.77 Å². The molecule has 5 nitrogen and oxygen atoms in total. The Hall–Kier alpha value is -1.94. The van der Waals surface area contributed by atoms with Gasteiger partial charge < -0.3 is 0 Å². The largest absolute Gasteiger partial charge is 0.417 e. The summed E-state index contributed by atoms with van der Waals surface area (Å²) in [5.41, 5.74) is -0.196. The van der Waals surface area contributed by atoms with E-state index in [1.54, 1.807) is 19.1 Å².